The molecule has 11 heteroatoms. The zero-order valence-corrected chi connectivity index (χ0v) is 20.2. The van der Waals surface area contributed by atoms with Crippen molar-refractivity contribution in [3.05, 3.63) is 24.3 Å². The molecule has 0 bridgehead atoms. The molecule has 11 nitrogen and oxygen atoms in total. The van der Waals surface area contributed by atoms with E-state index in [0.29, 0.717) is 59.5 Å². The fourth-order valence-corrected chi connectivity index (χ4v) is 4.17. The third-order valence-corrected chi connectivity index (χ3v) is 6.28. The van der Waals surface area contributed by atoms with E-state index in [-0.39, 0.29) is 5.75 Å². The molecule has 0 amide bonds. The van der Waals surface area contributed by atoms with Crippen LogP contribution in [-0.4, -0.2) is 98.7 Å². The summed E-state index contributed by atoms with van der Waals surface area (Å²) in [6.07, 6.45) is 0. The maximum absolute atomic E-state index is 10.2. The first-order valence-corrected chi connectivity index (χ1v) is 11.6. The Balaban J connectivity index is 1.51. The van der Waals surface area contributed by atoms with Crippen LogP contribution in [0.25, 0.3) is 22.9 Å². The Hall–Kier alpha value is -3.57. The molecule has 0 saturated carbocycles. The summed E-state index contributed by atoms with van der Waals surface area (Å²) in [6, 6.07) is 7.08. The predicted molar refractivity (Wildman–Crippen MR) is 130 cm³/mol. The van der Waals surface area contributed by atoms with Gasteiger partial charge in [0.25, 0.3) is 0 Å². The molecule has 0 atom stereocenters. The van der Waals surface area contributed by atoms with Crippen LogP contribution in [0.5, 0.6) is 17.2 Å². The van der Waals surface area contributed by atoms with E-state index in [4.69, 9.17) is 33.6 Å². The maximum atomic E-state index is 10.2. The first-order chi connectivity index (χ1) is 17.1. The molecule has 2 aromatic heterocycles. The van der Waals surface area contributed by atoms with Crippen LogP contribution in [0.1, 0.15) is 0 Å². The normalized spacial score (nSPS) is 17.0. The van der Waals surface area contributed by atoms with Gasteiger partial charge in [-0.25, -0.2) is 0 Å². The summed E-state index contributed by atoms with van der Waals surface area (Å²) in [5.41, 5.74) is 0.699. The van der Waals surface area contributed by atoms with Gasteiger partial charge in [0.15, 0.2) is 17.3 Å². The summed E-state index contributed by atoms with van der Waals surface area (Å²) in [5.74, 6) is 3.38. The summed E-state index contributed by atoms with van der Waals surface area (Å²) in [4.78, 5) is 20.9. The lowest BCUT2D eigenvalue weighted by Crippen LogP contribution is -2.45. The van der Waals surface area contributed by atoms with E-state index in [1.54, 1.807) is 12.1 Å². The molecule has 5 rings (SSSR count). The third kappa shape index (κ3) is 4.82. The highest BCUT2D eigenvalue weighted by Crippen LogP contribution is 2.41. The number of morpholine rings is 1. The van der Waals surface area contributed by atoms with Gasteiger partial charge < -0.3 is 38.4 Å². The Morgan fingerprint density at radius 3 is 1.97 bits per heavy atom. The third-order valence-electron chi connectivity index (χ3n) is 6.28. The first kappa shape index (κ1) is 23.2. The second kappa shape index (κ2) is 9.96. The number of anilines is 2. The molecule has 2 fully saturated rings. The van der Waals surface area contributed by atoms with E-state index < -0.39 is 0 Å². The molecule has 3 aromatic rings. The fraction of sp³-hybridized carbons (Fsp3) is 0.458. The minimum absolute atomic E-state index is 0.0602. The van der Waals surface area contributed by atoms with Crippen LogP contribution in [0.2, 0.25) is 0 Å². The number of hydrogen-bond acceptors (Lipinski definition) is 11. The average Bonchev–Trinajstić information content (AvgIpc) is 3.40. The second-order valence-corrected chi connectivity index (χ2v) is 8.54. The highest BCUT2D eigenvalue weighted by molar-refractivity contribution is 5.69. The Morgan fingerprint density at radius 2 is 1.37 bits per heavy atom. The molecule has 2 aliphatic rings. The van der Waals surface area contributed by atoms with Crippen molar-refractivity contribution in [3.63, 3.8) is 0 Å². The van der Waals surface area contributed by atoms with Gasteiger partial charge in [-0.1, -0.05) is 0 Å². The maximum Gasteiger partial charge on any atom is 0.230 e. The van der Waals surface area contributed by atoms with Gasteiger partial charge in [-0.15, -0.1) is 0 Å². The molecule has 0 radical (unpaired) electrons. The van der Waals surface area contributed by atoms with E-state index >= 15 is 0 Å². The molecule has 4 heterocycles. The van der Waals surface area contributed by atoms with Crippen LogP contribution < -0.4 is 19.3 Å². The molecule has 186 valence electrons. The van der Waals surface area contributed by atoms with Gasteiger partial charge in [-0.05, 0) is 31.3 Å². The summed E-state index contributed by atoms with van der Waals surface area (Å²) in [6.45, 7) is 6.31. The monoisotopic (exact) mass is 482 g/mol. The molecule has 0 aliphatic carbocycles. The van der Waals surface area contributed by atoms with Crippen LogP contribution in [0.4, 0.5) is 11.9 Å². The highest BCUT2D eigenvalue weighted by atomic mass is 16.5. The van der Waals surface area contributed by atoms with E-state index in [0.717, 1.165) is 39.3 Å². The lowest BCUT2D eigenvalue weighted by molar-refractivity contribution is 0.122. The van der Waals surface area contributed by atoms with Gasteiger partial charge in [0, 0.05) is 44.8 Å². The minimum atomic E-state index is -0.0602. The Bertz CT molecular complexity index is 1150. The van der Waals surface area contributed by atoms with E-state index in [2.05, 4.69) is 21.7 Å². The Morgan fingerprint density at radius 1 is 0.800 bits per heavy atom. The molecule has 1 N–H and O–H groups in total. The van der Waals surface area contributed by atoms with Gasteiger partial charge in [-0.3, -0.25) is 0 Å². The molecular weight excluding hydrogens is 452 g/mol. The predicted octanol–water partition coefficient (Wildman–Crippen LogP) is 2.11. The number of phenolic OH excluding ortho intramolecular Hbond substituents is 1. The number of phenols is 1. The van der Waals surface area contributed by atoms with E-state index in [1.807, 2.05) is 12.1 Å². The SMILES string of the molecule is COc1cc(-c2ccc(-c3nc(N4CCOCC4)nc(N4CCN(C)CC4)n3)o2)cc(OC)c1O. The number of rotatable bonds is 6. The smallest absolute Gasteiger partial charge is 0.230 e. The Labute approximate surface area is 203 Å². The fourth-order valence-electron chi connectivity index (χ4n) is 4.17. The quantitative estimate of drug-likeness (QED) is 0.558. The van der Waals surface area contributed by atoms with Crippen LogP contribution in [0.3, 0.4) is 0 Å². The number of methoxy groups -OCH3 is 2. The summed E-state index contributed by atoms with van der Waals surface area (Å²) >= 11 is 0. The summed E-state index contributed by atoms with van der Waals surface area (Å²) in [7, 11) is 5.10. The largest absolute Gasteiger partial charge is 0.502 e. The lowest BCUT2D eigenvalue weighted by atomic mass is 10.1. The molecule has 0 spiro atoms. The second-order valence-electron chi connectivity index (χ2n) is 8.54. The minimum Gasteiger partial charge on any atom is -0.502 e. The van der Waals surface area contributed by atoms with Crippen molar-refractivity contribution in [2.24, 2.45) is 0 Å². The van der Waals surface area contributed by atoms with Gasteiger partial charge in [0.1, 0.15) is 5.76 Å². The molecule has 0 unspecified atom stereocenters. The van der Waals surface area contributed by atoms with Crippen molar-refractivity contribution in [3.8, 4) is 40.2 Å². The molecule has 2 saturated heterocycles. The van der Waals surface area contributed by atoms with Crippen LogP contribution in [0, 0.1) is 0 Å². The van der Waals surface area contributed by atoms with Gasteiger partial charge in [0.05, 0.1) is 27.4 Å². The van der Waals surface area contributed by atoms with Crippen LogP contribution in [-0.2, 0) is 4.74 Å². The number of furan rings is 1. The molecule has 2 aliphatic heterocycles. The van der Waals surface area contributed by atoms with Crippen molar-refractivity contribution < 1.29 is 23.7 Å². The number of nitrogens with zero attached hydrogens (tertiary/aromatic N) is 6. The zero-order chi connectivity index (χ0) is 24.4. The van der Waals surface area contributed by atoms with Crippen molar-refractivity contribution in [2.45, 2.75) is 0 Å². The summed E-state index contributed by atoms with van der Waals surface area (Å²) in [5, 5.41) is 10.2. The van der Waals surface area contributed by atoms with Crippen LogP contribution in [0.15, 0.2) is 28.7 Å². The van der Waals surface area contributed by atoms with Crippen molar-refractivity contribution >= 4 is 11.9 Å². The number of likely N-dealkylation sites (N-methyl/N-ethyl adjacent to an activating group) is 1. The highest BCUT2D eigenvalue weighted by Gasteiger charge is 2.23. The number of piperazine rings is 1. The number of ether oxygens (including phenoxy) is 3. The first-order valence-electron chi connectivity index (χ1n) is 11.6. The van der Waals surface area contributed by atoms with E-state index in [9.17, 15) is 5.11 Å². The topological polar surface area (TPSA) is 109 Å². The van der Waals surface area contributed by atoms with Crippen molar-refractivity contribution in [1.82, 2.24) is 19.9 Å². The molecule has 35 heavy (non-hydrogen) atoms. The number of aromatic nitrogens is 3. The van der Waals surface area contributed by atoms with Gasteiger partial charge in [-0.2, -0.15) is 15.0 Å². The van der Waals surface area contributed by atoms with Crippen molar-refractivity contribution in [2.75, 3.05) is 83.5 Å². The zero-order valence-electron chi connectivity index (χ0n) is 20.2. The number of benzene rings is 1. The summed E-state index contributed by atoms with van der Waals surface area (Å²) < 4.78 is 22.3. The van der Waals surface area contributed by atoms with Crippen molar-refractivity contribution in [1.29, 1.82) is 0 Å². The lowest BCUT2D eigenvalue weighted by Gasteiger charge is -2.33. The molecule has 1 aromatic carbocycles. The van der Waals surface area contributed by atoms with E-state index in [1.165, 1.54) is 14.2 Å². The van der Waals surface area contributed by atoms with Gasteiger partial charge >= 0.3 is 0 Å². The Kier molecular flexibility index (Phi) is 6.60. The number of hydrogen-bond donors (Lipinski definition) is 1. The van der Waals surface area contributed by atoms with Crippen LogP contribution >= 0.6 is 0 Å². The average molecular weight is 483 g/mol. The number of aromatic hydroxyl groups is 1. The van der Waals surface area contributed by atoms with Gasteiger partial charge in [0.2, 0.25) is 23.5 Å². The standard InChI is InChI=1S/C24H30N6O5/c1-28-6-8-29(9-7-28)23-25-22(26-24(27-23)30-10-12-34-13-11-30)18-5-4-17(35-18)16-14-19(32-2)21(31)20(15-16)33-3/h4-5,14-15,31H,6-13H2,1-3H3. The molecular formula is C24H30N6O5.